The van der Waals surface area contributed by atoms with Crippen LogP contribution in [0.3, 0.4) is 0 Å². The van der Waals surface area contributed by atoms with Crippen molar-refractivity contribution in [1.29, 1.82) is 0 Å². The van der Waals surface area contributed by atoms with E-state index < -0.39 is 0 Å². The highest BCUT2D eigenvalue weighted by atomic mass is 19.1. The van der Waals surface area contributed by atoms with Crippen LogP contribution >= 0.6 is 0 Å². The topological polar surface area (TPSA) is 17.8 Å². The van der Waals surface area contributed by atoms with Gasteiger partial charge in [0.1, 0.15) is 5.82 Å². The molecule has 1 aromatic heterocycles. The quantitative estimate of drug-likeness (QED) is 0.781. The molecular weight excluding hydrogens is 215 g/mol. The Kier molecular flexibility index (Phi) is 3.09. The molecule has 3 heteroatoms. The van der Waals surface area contributed by atoms with E-state index >= 15 is 0 Å². The highest BCUT2D eigenvalue weighted by Gasteiger charge is 2.09. The van der Waals surface area contributed by atoms with Crippen LogP contribution in [0.2, 0.25) is 0 Å². The monoisotopic (exact) mass is 230 g/mol. The summed E-state index contributed by atoms with van der Waals surface area (Å²) in [6.07, 6.45) is 5.25. The van der Waals surface area contributed by atoms with Crippen molar-refractivity contribution in [2.45, 2.75) is 19.9 Å². The van der Waals surface area contributed by atoms with Gasteiger partial charge in [-0.3, -0.25) is 4.68 Å². The minimum Gasteiger partial charge on any atom is -0.270 e. The Hall–Kier alpha value is -1.90. The van der Waals surface area contributed by atoms with Crippen molar-refractivity contribution in [3.05, 3.63) is 48.6 Å². The van der Waals surface area contributed by atoms with Gasteiger partial charge in [-0.25, -0.2) is 4.39 Å². The van der Waals surface area contributed by atoms with E-state index in [1.54, 1.807) is 24.4 Å². The second kappa shape index (κ2) is 4.53. The van der Waals surface area contributed by atoms with Gasteiger partial charge in [-0.05, 0) is 31.5 Å². The number of hydrogen-bond acceptors (Lipinski definition) is 1. The lowest BCUT2D eigenvalue weighted by Gasteiger charge is -2.04. The Morgan fingerprint density at radius 3 is 2.76 bits per heavy atom. The summed E-state index contributed by atoms with van der Waals surface area (Å²) in [7, 11) is 0. The van der Waals surface area contributed by atoms with Gasteiger partial charge in [0, 0.05) is 23.4 Å². The molecule has 0 bridgehead atoms. The fourth-order valence-corrected chi connectivity index (χ4v) is 1.65. The zero-order valence-corrected chi connectivity index (χ0v) is 10.0. The highest BCUT2D eigenvalue weighted by Crippen LogP contribution is 2.24. The predicted molar refractivity (Wildman–Crippen MR) is 68.1 cm³/mol. The van der Waals surface area contributed by atoms with E-state index in [0.29, 0.717) is 5.56 Å². The molecule has 1 heterocycles. The van der Waals surface area contributed by atoms with E-state index in [1.807, 2.05) is 24.7 Å². The zero-order valence-electron chi connectivity index (χ0n) is 10.0. The average molecular weight is 230 g/mol. The third kappa shape index (κ3) is 2.28. The van der Waals surface area contributed by atoms with E-state index in [1.165, 1.54) is 6.07 Å². The Morgan fingerprint density at radius 1 is 1.41 bits per heavy atom. The Labute approximate surface area is 100 Å². The predicted octanol–water partition coefficient (Wildman–Crippen LogP) is 3.91. The second-order valence-electron chi connectivity index (χ2n) is 4.25. The van der Waals surface area contributed by atoms with Crippen molar-refractivity contribution in [2.75, 3.05) is 0 Å². The SMILES string of the molecule is C=Cc1ccc(F)c(-c2cnn(C(C)C)c2)c1. The van der Waals surface area contributed by atoms with Gasteiger partial charge in [-0.1, -0.05) is 18.7 Å². The minimum absolute atomic E-state index is 0.237. The number of rotatable bonds is 3. The number of hydrogen-bond donors (Lipinski definition) is 0. The third-order valence-electron chi connectivity index (χ3n) is 2.67. The van der Waals surface area contributed by atoms with Gasteiger partial charge in [-0.2, -0.15) is 5.10 Å². The molecule has 0 N–H and O–H groups in total. The minimum atomic E-state index is -0.237. The van der Waals surface area contributed by atoms with Crippen LogP contribution in [0.5, 0.6) is 0 Å². The molecule has 88 valence electrons. The molecule has 2 nitrogen and oxygen atoms in total. The van der Waals surface area contributed by atoms with Crippen molar-refractivity contribution in [2.24, 2.45) is 0 Å². The van der Waals surface area contributed by atoms with Crippen LogP contribution in [-0.4, -0.2) is 9.78 Å². The first-order valence-corrected chi connectivity index (χ1v) is 5.58. The standard InChI is InChI=1S/C14H15FN2/c1-4-11-5-6-14(15)13(7-11)12-8-16-17(9-12)10(2)3/h4-10H,1H2,2-3H3. The fraction of sp³-hybridized carbons (Fsp3) is 0.214. The molecular formula is C14H15FN2. The summed E-state index contributed by atoms with van der Waals surface area (Å²) in [5, 5.41) is 4.21. The molecule has 1 aromatic carbocycles. The van der Waals surface area contributed by atoms with Crippen LogP contribution < -0.4 is 0 Å². The van der Waals surface area contributed by atoms with E-state index in [0.717, 1.165) is 11.1 Å². The van der Waals surface area contributed by atoms with Gasteiger partial charge < -0.3 is 0 Å². The summed E-state index contributed by atoms with van der Waals surface area (Å²) in [6, 6.07) is 5.22. The van der Waals surface area contributed by atoms with Crippen LogP contribution in [0.15, 0.2) is 37.2 Å². The summed E-state index contributed by atoms with van der Waals surface area (Å²) in [5.74, 6) is -0.237. The van der Waals surface area contributed by atoms with Gasteiger partial charge in [-0.15, -0.1) is 0 Å². The van der Waals surface area contributed by atoms with E-state index in [-0.39, 0.29) is 11.9 Å². The van der Waals surface area contributed by atoms with Crippen molar-refractivity contribution < 1.29 is 4.39 Å². The van der Waals surface area contributed by atoms with Crippen LogP contribution in [0, 0.1) is 5.82 Å². The molecule has 2 aromatic rings. The molecule has 0 radical (unpaired) electrons. The first-order valence-electron chi connectivity index (χ1n) is 5.58. The smallest absolute Gasteiger partial charge is 0.131 e. The molecule has 2 rings (SSSR count). The van der Waals surface area contributed by atoms with E-state index in [4.69, 9.17) is 0 Å². The zero-order chi connectivity index (χ0) is 12.4. The fourth-order valence-electron chi connectivity index (χ4n) is 1.65. The molecule has 0 aliphatic carbocycles. The Bertz CT molecular complexity index is 541. The lowest BCUT2D eigenvalue weighted by molar-refractivity contribution is 0.532. The Balaban J connectivity index is 2.47. The summed E-state index contributed by atoms with van der Waals surface area (Å²) < 4.78 is 15.5. The molecule has 17 heavy (non-hydrogen) atoms. The molecule has 0 amide bonds. The summed E-state index contributed by atoms with van der Waals surface area (Å²) in [6.45, 7) is 7.76. The maximum Gasteiger partial charge on any atom is 0.131 e. The molecule has 0 unspecified atom stereocenters. The highest BCUT2D eigenvalue weighted by molar-refractivity contribution is 5.66. The van der Waals surface area contributed by atoms with Gasteiger partial charge in [0.2, 0.25) is 0 Å². The summed E-state index contributed by atoms with van der Waals surface area (Å²) >= 11 is 0. The number of aromatic nitrogens is 2. The summed E-state index contributed by atoms with van der Waals surface area (Å²) in [4.78, 5) is 0. The summed E-state index contributed by atoms with van der Waals surface area (Å²) in [5.41, 5.74) is 2.26. The van der Waals surface area contributed by atoms with Crippen LogP contribution in [0.25, 0.3) is 17.2 Å². The molecule has 0 fully saturated rings. The number of nitrogens with zero attached hydrogens (tertiary/aromatic N) is 2. The van der Waals surface area contributed by atoms with Gasteiger partial charge >= 0.3 is 0 Å². The van der Waals surface area contributed by atoms with E-state index in [9.17, 15) is 4.39 Å². The van der Waals surface area contributed by atoms with Gasteiger partial charge in [0.15, 0.2) is 0 Å². The van der Waals surface area contributed by atoms with Crippen molar-refractivity contribution >= 4 is 6.08 Å². The molecule has 0 aliphatic rings. The van der Waals surface area contributed by atoms with E-state index in [2.05, 4.69) is 11.7 Å². The Morgan fingerprint density at radius 2 is 2.18 bits per heavy atom. The van der Waals surface area contributed by atoms with Crippen molar-refractivity contribution in [1.82, 2.24) is 9.78 Å². The lowest BCUT2D eigenvalue weighted by Crippen LogP contribution is -1.99. The molecule has 0 spiro atoms. The molecule has 0 saturated heterocycles. The largest absolute Gasteiger partial charge is 0.270 e. The molecule has 0 atom stereocenters. The van der Waals surface area contributed by atoms with Crippen LogP contribution in [0.1, 0.15) is 25.5 Å². The molecule has 0 saturated carbocycles. The first kappa shape index (κ1) is 11.6. The third-order valence-corrected chi connectivity index (χ3v) is 2.67. The second-order valence-corrected chi connectivity index (χ2v) is 4.25. The first-order chi connectivity index (χ1) is 8.11. The maximum atomic E-state index is 13.7. The van der Waals surface area contributed by atoms with Crippen molar-refractivity contribution in [3.8, 4) is 11.1 Å². The average Bonchev–Trinajstić information content (AvgIpc) is 2.79. The van der Waals surface area contributed by atoms with Crippen LogP contribution in [-0.2, 0) is 0 Å². The van der Waals surface area contributed by atoms with Crippen molar-refractivity contribution in [3.63, 3.8) is 0 Å². The van der Waals surface area contributed by atoms with Gasteiger partial charge in [0.05, 0.1) is 6.20 Å². The number of halogens is 1. The molecule has 0 aliphatic heterocycles. The lowest BCUT2D eigenvalue weighted by atomic mass is 10.1. The normalized spacial score (nSPS) is 10.8. The van der Waals surface area contributed by atoms with Gasteiger partial charge in [0.25, 0.3) is 0 Å². The van der Waals surface area contributed by atoms with Crippen LogP contribution in [0.4, 0.5) is 4.39 Å². The number of benzene rings is 1. The maximum absolute atomic E-state index is 13.7.